The Morgan fingerprint density at radius 2 is 1.39 bits per heavy atom. The van der Waals surface area contributed by atoms with Crippen LogP contribution in [0.3, 0.4) is 0 Å². The molecule has 4 N–H and O–H groups in total. The van der Waals surface area contributed by atoms with Crippen LogP contribution in [0.1, 0.15) is 39.4 Å². The van der Waals surface area contributed by atoms with E-state index in [2.05, 4.69) is 53.1 Å². The Morgan fingerprint density at radius 3 is 2.15 bits per heavy atom. The number of rotatable bonds is 8. The Labute approximate surface area is 239 Å². The first-order chi connectivity index (χ1) is 19.9. The van der Waals surface area contributed by atoms with Crippen LogP contribution in [0.15, 0.2) is 121 Å². The molecule has 0 unspecified atom stereocenters. The zero-order chi connectivity index (χ0) is 28.2. The molecule has 6 rings (SSSR count). The number of benzene rings is 5. The fourth-order valence-corrected chi connectivity index (χ4v) is 5.28. The minimum atomic E-state index is -0.555. The molecule has 2 amide bonds. The van der Waals surface area contributed by atoms with E-state index in [1.165, 1.54) is 21.9 Å². The fourth-order valence-electron chi connectivity index (χ4n) is 5.28. The van der Waals surface area contributed by atoms with Gasteiger partial charge in [-0.2, -0.15) is 0 Å². The fraction of sp³-hybridized carbons (Fsp3) is 0.143. The molecule has 0 spiro atoms. The average molecular weight is 542 g/mol. The summed E-state index contributed by atoms with van der Waals surface area (Å²) in [7, 11) is 0. The highest BCUT2D eigenvalue weighted by Gasteiger charge is 2.51. The number of carbonyl (C=O) groups excluding carboxylic acids is 2. The number of nitrogens with two attached hydrogens (primary N) is 1. The average Bonchev–Trinajstić information content (AvgIpc) is 3.67. The summed E-state index contributed by atoms with van der Waals surface area (Å²) in [6.07, 6.45) is 1.21. The van der Waals surface area contributed by atoms with E-state index in [9.17, 15) is 9.59 Å². The molecule has 1 aliphatic carbocycles. The molecule has 1 aliphatic rings. The summed E-state index contributed by atoms with van der Waals surface area (Å²) in [5, 5.41) is 8.09. The van der Waals surface area contributed by atoms with Gasteiger partial charge in [-0.15, -0.1) is 0 Å². The molecule has 5 aromatic carbocycles. The summed E-state index contributed by atoms with van der Waals surface area (Å²) in [6.45, 7) is 0.184. The molecule has 5 aromatic rings. The van der Waals surface area contributed by atoms with Gasteiger partial charge in [0.05, 0.1) is 0 Å². The summed E-state index contributed by atoms with van der Waals surface area (Å²) in [5.41, 5.74) is 11.6. The predicted octanol–water partition coefficient (Wildman–Crippen LogP) is 7.27. The number of hydrogen-bond donors (Lipinski definition) is 3. The molecular formula is C35H31N3O3. The van der Waals surface area contributed by atoms with Crippen LogP contribution in [0.2, 0.25) is 0 Å². The maximum absolute atomic E-state index is 12.8. The zero-order valence-electron chi connectivity index (χ0n) is 22.5. The number of fused-ring (bicyclic) bond motifs is 1. The summed E-state index contributed by atoms with van der Waals surface area (Å²) in [6, 6.07) is 39.0. The molecule has 0 saturated heterocycles. The Balaban J connectivity index is 1.00. The van der Waals surface area contributed by atoms with E-state index >= 15 is 0 Å². The summed E-state index contributed by atoms with van der Waals surface area (Å²) in [5.74, 6) is 0.0602. The van der Waals surface area contributed by atoms with Gasteiger partial charge in [0, 0.05) is 28.4 Å². The normalized spacial score (nSPS) is 17.5. The summed E-state index contributed by atoms with van der Waals surface area (Å²) >= 11 is 0. The molecule has 1 saturated carbocycles. The quantitative estimate of drug-likeness (QED) is 0.193. The Hall–Kier alpha value is -4.94. The Morgan fingerprint density at radius 1 is 0.732 bits per heavy atom. The van der Waals surface area contributed by atoms with Crippen molar-refractivity contribution in [3.05, 3.63) is 144 Å². The monoisotopic (exact) mass is 541 g/mol. The lowest BCUT2D eigenvalue weighted by Crippen LogP contribution is -2.27. The standard InChI is InChI=1S/C35H31N3O3/c36-35(21-25-10-11-26-8-4-5-9-29(26)20-25)22-32(35)27-12-16-30(17-13-27)37-33(39)28-14-18-31(19-15-28)38-34(40)41-23-24-6-2-1-3-7-24/h1-20,32H,21-23,36H2,(H,37,39)(H,38,40)/t32-,35-/m0/s1. The molecule has 2 atom stereocenters. The van der Waals surface area contributed by atoms with Gasteiger partial charge in [-0.1, -0.05) is 84.9 Å². The molecule has 0 heterocycles. The highest BCUT2D eigenvalue weighted by Crippen LogP contribution is 2.51. The molecule has 41 heavy (non-hydrogen) atoms. The number of carbonyl (C=O) groups is 2. The molecule has 6 heteroatoms. The van der Waals surface area contributed by atoms with Crippen molar-refractivity contribution < 1.29 is 14.3 Å². The van der Waals surface area contributed by atoms with Crippen LogP contribution in [0.25, 0.3) is 10.8 Å². The first-order valence-corrected chi connectivity index (χ1v) is 13.7. The van der Waals surface area contributed by atoms with Gasteiger partial charge >= 0.3 is 6.09 Å². The minimum absolute atomic E-state index is 0.184. The van der Waals surface area contributed by atoms with Gasteiger partial charge in [-0.3, -0.25) is 10.1 Å². The molecule has 0 radical (unpaired) electrons. The third-order valence-corrected chi connectivity index (χ3v) is 7.64. The lowest BCUT2D eigenvalue weighted by Gasteiger charge is -2.13. The van der Waals surface area contributed by atoms with Crippen LogP contribution < -0.4 is 16.4 Å². The topological polar surface area (TPSA) is 93.5 Å². The van der Waals surface area contributed by atoms with Crippen LogP contribution in [0, 0.1) is 0 Å². The second-order valence-electron chi connectivity index (χ2n) is 10.7. The number of amides is 2. The van der Waals surface area contributed by atoms with E-state index in [4.69, 9.17) is 10.5 Å². The second kappa shape index (κ2) is 11.3. The molecular weight excluding hydrogens is 510 g/mol. The van der Waals surface area contributed by atoms with E-state index in [0.717, 1.165) is 18.4 Å². The van der Waals surface area contributed by atoms with Crippen LogP contribution in [-0.4, -0.2) is 17.5 Å². The maximum atomic E-state index is 12.8. The van der Waals surface area contributed by atoms with Crippen molar-refractivity contribution in [2.45, 2.75) is 30.9 Å². The Kier molecular flexibility index (Phi) is 7.23. The minimum Gasteiger partial charge on any atom is -0.444 e. The first kappa shape index (κ1) is 26.3. The van der Waals surface area contributed by atoms with E-state index in [1.54, 1.807) is 24.3 Å². The molecule has 6 nitrogen and oxygen atoms in total. The lowest BCUT2D eigenvalue weighted by molar-refractivity contribution is 0.102. The van der Waals surface area contributed by atoms with Gasteiger partial charge in [0.15, 0.2) is 0 Å². The van der Waals surface area contributed by atoms with Crippen LogP contribution in [0.5, 0.6) is 0 Å². The first-order valence-electron chi connectivity index (χ1n) is 13.7. The highest BCUT2D eigenvalue weighted by molar-refractivity contribution is 6.04. The molecule has 0 aliphatic heterocycles. The largest absolute Gasteiger partial charge is 0.444 e. The number of ether oxygens (including phenoxy) is 1. The smallest absolute Gasteiger partial charge is 0.411 e. The van der Waals surface area contributed by atoms with Gasteiger partial charge in [0.1, 0.15) is 6.61 Å². The number of nitrogens with one attached hydrogen (secondary N) is 2. The van der Waals surface area contributed by atoms with E-state index in [1.807, 2.05) is 54.6 Å². The van der Waals surface area contributed by atoms with Crippen LogP contribution in [0.4, 0.5) is 16.2 Å². The number of anilines is 2. The van der Waals surface area contributed by atoms with Crippen LogP contribution in [-0.2, 0) is 17.8 Å². The lowest BCUT2D eigenvalue weighted by atomic mass is 9.97. The van der Waals surface area contributed by atoms with Crippen molar-refractivity contribution >= 4 is 34.1 Å². The predicted molar refractivity (Wildman–Crippen MR) is 163 cm³/mol. The SMILES string of the molecule is N[C@@]1(Cc2ccc3ccccc3c2)C[C@H]1c1ccc(NC(=O)c2ccc(NC(=O)OCc3ccccc3)cc2)cc1. The molecule has 0 bridgehead atoms. The summed E-state index contributed by atoms with van der Waals surface area (Å²) < 4.78 is 5.24. The highest BCUT2D eigenvalue weighted by atomic mass is 16.5. The van der Waals surface area contributed by atoms with E-state index < -0.39 is 6.09 Å². The van der Waals surface area contributed by atoms with Crippen molar-refractivity contribution in [3.63, 3.8) is 0 Å². The second-order valence-corrected chi connectivity index (χ2v) is 10.7. The third-order valence-electron chi connectivity index (χ3n) is 7.64. The van der Waals surface area contributed by atoms with E-state index in [-0.39, 0.29) is 24.0 Å². The van der Waals surface area contributed by atoms with Crippen LogP contribution >= 0.6 is 0 Å². The van der Waals surface area contributed by atoms with Crippen molar-refractivity contribution in [1.29, 1.82) is 0 Å². The molecule has 1 fully saturated rings. The van der Waals surface area contributed by atoms with Crippen molar-refractivity contribution in [1.82, 2.24) is 0 Å². The summed E-state index contributed by atoms with van der Waals surface area (Å²) in [4.78, 5) is 24.9. The van der Waals surface area contributed by atoms with E-state index in [0.29, 0.717) is 16.9 Å². The van der Waals surface area contributed by atoms with Crippen molar-refractivity contribution in [2.24, 2.45) is 5.73 Å². The van der Waals surface area contributed by atoms with Crippen molar-refractivity contribution in [3.8, 4) is 0 Å². The molecule has 204 valence electrons. The Bertz CT molecular complexity index is 1680. The van der Waals surface area contributed by atoms with Gasteiger partial charge < -0.3 is 15.8 Å². The van der Waals surface area contributed by atoms with Gasteiger partial charge in [0.2, 0.25) is 0 Å². The maximum Gasteiger partial charge on any atom is 0.411 e. The van der Waals surface area contributed by atoms with Gasteiger partial charge in [-0.25, -0.2) is 4.79 Å². The zero-order valence-corrected chi connectivity index (χ0v) is 22.5. The van der Waals surface area contributed by atoms with Gasteiger partial charge in [-0.05, 0) is 76.7 Å². The third kappa shape index (κ3) is 6.29. The molecule has 0 aromatic heterocycles. The van der Waals surface area contributed by atoms with Crippen molar-refractivity contribution in [2.75, 3.05) is 10.6 Å². The van der Waals surface area contributed by atoms with Gasteiger partial charge in [0.25, 0.3) is 5.91 Å². The number of hydrogen-bond acceptors (Lipinski definition) is 4.